The molecule has 0 aliphatic heterocycles. The number of carbonyl (C=O) groups is 2. The second-order valence-corrected chi connectivity index (χ2v) is 6.17. The van der Waals surface area contributed by atoms with E-state index in [4.69, 9.17) is 4.42 Å². The van der Waals surface area contributed by atoms with E-state index in [9.17, 15) is 19.1 Å². The van der Waals surface area contributed by atoms with Gasteiger partial charge in [-0.05, 0) is 48.6 Å². The van der Waals surface area contributed by atoms with Gasteiger partial charge in [0, 0.05) is 6.54 Å². The molecule has 132 valence electrons. The Labute approximate surface area is 144 Å². The SMILES string of the molecule is O=C(NCc1ccc(F)cc1)C(=O)NC[C@](O)(c1ccco1)C1CC1. The van der Waals surface area contributed by atoms with E-state index in [0.717, 1.165) is 12.8 Å². The van der Waals surface area contributed by atoms with Crippen molar-refractivity contribution >= 4 is 11.8 Å². The van der Waals surface area contributed by atoms with Crippen molar-refractivity contribution in [1.82, 2.24) is 10.6 Å². The van der Waals surface area contributed by atoms with Crippen molar-refractivity contribution in [2.24, 2.45) is 5.92 Å². The number of nitrogens with one attached hydrogen (secondary N) is 2. The number of amides is 2. The third-order valence-corrected chi connectivity index (χ3v) is 4.29. The van der Waals surface area contributed by atoms with Crippen molar-refractivity contribution in [3.63, 3.8) is 0 Å². The van der Waals surface area contributed by atoms with Crippen LogP contribution in [0.3, 0.4) is 0 Å². The lowest BCUT2D eigenvalue weighted by Gasteiger charge is -2.26. The third kappa shape index (κ3) is 4.06. The molecule has 1 fully saturated rings. The Bertz CT molecular complexity index is 741. The third-order valence-electron chi connectivity index (χ3n) is 4.29. The van der Waals surface area contributed by atoms with Crippen molar-refractivity contribution in [2.75, 3.05) is 6.54 Å². The zero-order valence-electron chi connectivity index (χ0n) is 13.5. The fourth-order valence-electron chi connectivity index (χ4n) is 2.68. The zero-order valence-corrected chi connectivity index (χ0v) is 13.5. The van der Waals surface area contributed by atoms with Gasteiger partial charge < -0.3 is 20.2 Å². The van der Waals surface area contributed by atoms with Crippen molar-refractivity contribution in [3.05, 3.63) is 59.8 Å². The van der Waals surface area contributed by atoms with Gasteiger partial charge in [0.05, 0.1) is 12.8 Å². The smallest absolute Gasteiger partial charge is 0.309 e. The predicted molar refractivity (Wildman–Crippen MR) is 86.6 cm³/mol. The molecule has 1 aliphatic rings. The van der Waals surface area contributed by atoms with E-state index in [1.165, 1.54) is 30.5 Å². The van der Waals surface area contributed by atoms with Crippen LogP contribution in [0.4, 0.5) is 4.39 Å². The summed E-state index contributed by atoms with van der Waals surface area (Å²) < 4.78 is 18.1. The van der Waals surface area contributed by atoms with Gasteiger partial charge in [0.25, 0.3) is 0 Å². The minimum Gasteiger partial charge on any atom is -0.466 e. The predicted octanol–water partition coefficient (Wildman–Crippen LogP) is 1.45. The molecule has 2 amide bonds. The first-order chi connectivity index (χ1) is 12.0. The highest BCUT2D eigenvalue weighted by atomic mass is 19.1. The van der Waals surface area contributed by atoms with E-state index < -0.39 is 17.4 Å². The molecule has 0 bridgehead atoms. The molecular weight excluding hydrogens is 327 g/mol. The summed E-state index contributed by atoms with van der Waals surface area (Å²) in [7, 11) is 0. The minimum atomic E-state index is -1.31. The first-order valence-corrected chi connectivity index (χ1v) is 8.06. The van der Waals surface area contributed by atoms with Gasteiger partial charge in [-0.15, -0.1) is 0 Å². The summed E-state index contributed by atoms with van der Waals surface area (Å²) >= 11 is 0. The molecule has 0 spiro atoms. The highest BCUT2D eigenvalue weighted by Crippen LogP contribution is 2.45. The largest absolute Gasteiger partial charge is 0.466 e. The number of furan rings is 1. The van der Waals surface area contributed by atoms with Crippen LogP contribution in [0, 0.1) is 11.7 Å². The summed E-state index contributed by atoms with van der Waals surface area (Å²) in [5.41, 5.74) is -0.635. The Morgan fingerprint density at radius 1 is 1.16 bits per heavy atom. The Hall–Kier alpha value is -2.67. The Morgan fingerprint density at radius 2 is 1.84 bits per heavy atom. The zero-order chi connectivity index (χ0) is 17.9. The molecule has 1 atom stereocenters. The van der Waals surface area contributed by atoms with Gasteiger partial charge in [0.2, 0.25) is 0 Å². The summed E-state index contributed by atoms with van der Waals surface area (Å²) in [5.74, 6) is -1.65. The lowest BCUT2D eigenvalue weighted by molar-refractivity contribution is -0.140. The second kappa shape index (κ2) is 7.06. The van der Waals surface area contributed by atoms with Crippen LogP contribution in [0.15, 0.2) is 47.1 Å². The van der Waals surface area contributed by atoms with Crippen LogP contribution in [0.25, 0.3) is 0 Å². The standard InChI is InChI=1S/C18H19FN2O4/c19-14-7-3-12(4-8-14)10-20-16(22)17(23)21-11-18(24,13-5-6-13)15-2-1-9-25-15/h1-4,7-9,13,24H,5-6,10-11H2,(H,20,22)(H,21,23)/t18-/m1/s1. The molecule has 1 aromatic carbocycles. The fraction of sp³-hybridized carbons (Fsp3) is 0.333. The second-order valence-electron chi connectivity index (χ2n) is 6.17. The van der Waals surface area contributed by atoms with Crippen molar-refractivity contribution in [3.8, 4) is 0 Å². The van der Waals surface area contributed by atoms with Crippen LogP contribution in [-0.4, -0.2) is 23.5 Å². The monoisotopic (exact) mass is 346 g/mol. The van der Waals surface area contributed by atoms with E-state index in [2.05, 4.69) is 10.6 Å². The molecule has 1 saturated carbocycles. The molecule has 6 nitrogen and oxygen atoms in total. The number of hydrogen-bond donors (Lipinski definition) is 3. The number of halogens is 1. The van der Waals surface area contributed by atoms with Gasteiger partial charge in [-0.2, -0.15) is 0 Å². The van der Waals surface area contributed by atoms with Gasteiger partial charge in [-0.1, -0.05) is 12.1 Å². The molecular formula is C18H19FN2O4. The summed E-state index contributed by atoms with van der Waals surface area (Å²) in [6.45, 7) is 0.00555. The van der Waals surface area contributed by atoms with E-state index in [-0.39, 0.29) is 24.8 Å². The van der Waals surface area contributed by atoms with Crippen molar-refractivity contribution in [1.29, 1.82) is 0 Å². The number of benzene rings is 1. The average molecular weight is 346 g/mol. The molecule has 1 aromatic heterocycles. The Balaban J connectivity index is 1.52. The van der Waals surface area contributed by atoms with Crippen LogP contribution >= 0.6 is 0 Å². The molecule has 0 saturated heterocycles. The quantitative estimate of drug-likeness (QED) is 0.691. The Morgan fingerprint density at radius 3 is 2.44 bits per heavy atom. The molecule has 1 aliphatic carbocycles. The molecule has 3 N–H and O–H groups in total. The van der Waals surface area contributed by atoms with Gasteiger partial charge >= 0.3 is 11.8 Å². The summed E-state index contributed by atoms with van der Waals surface area (Å²) in [6.07, 6.45) is 3.13. The number of carbonyl (C=O) groups excluding carboxylic acids is 2. The van der Waals surface area contributed by atoms with Gasteiger partial charge in [0.15, 0.2) is 0 Å². The van der Waals surface area contributed by atoms with Crippen LogP contribution in [0.2, 0.25) is 0 Å². The average Bonchev–Trinajstić information content (AvgIpc) is 3.33. The number of rotatable bonds is 6. The van der Waals surface area contributed by atoms with Gasteiger partial charge in [0.1, 0.15) is 17.2 Å². The maximum atomic E-state index is 12.8. The van der Waals surface area contributed by atoms with Crippen LogP contribution in [0.5, 0.6) is 0 Å². The summed E-state index contributed by atoms with van der Waals surface area (Å²) in [5, 5.41) is 15.7. The van der Waals surface area contributed by atoms with Crippen LogP contribution in [0.1, 0.15) is 24.2 Å². The van der Waals surface area contributed by atoms with E-state index in [1.54, 1.807) is 12.1 Å². The number of aliphatic hydroxyl groups is 1. The van der Waals surface area contributed by atoms with Crippen LogP contribution in [-0.2, 0) is 21.7 Å². The molecule has 7 heteroatoms. The number of hydrogen-bond acceptors (Lipinski definition) is 4. The topological polar surface area (TPSA) is 91.6 Å². The first kappa shape index (κ1) is 17.2. The van der Waals surface area contributed by atoms with Gasteiger partial charge in [-0.3, -0.25) is 9.59 Å². The molecule has 0 radical (unpaired) electrons. The first-order valence-electron chi connectivity index (χ1n) is 8.06. The van der Waals surface area contributed by atoms with E-state index in [0.29, 0.717) is 11.3 Å². The van der Waals surface area contributed by atoms with E-state index >= 15 is 0 Å². The summed E-state index contributed by atoms with van der Waals surface area (Å²) in [4.78, 5) is 23.8. The lowest BCUT2D eigenvalue weighted by atomic mass is 9.94. The highest BCUT2D eigenvalue weighted by molar-refractivity contribution is 6.35. The maximum absolute atomic E-state index is 12.8. The van der Waals surface area contributed by atoms with Crippen LogP contribution < -0.4 is 10.6 Å². The summed E-state index contributed by atoms with van der Waals surface area (Å²) in [6, 6.07) is 8.92. The van der Waals surface area contributed by atoms with Crippen molar-refractivity contribution in [2.45, 2.75) is 25.0 Å². The van der Waals surface area contributed by atoms with E-state index in [1.807, 2.05) is 0 Å². The molecule has 0 unspecified atom stereocenters. The minimum absolute atomic E-state index is 0.00114. The molecule has 25 heavy (non-hydrogen) atoms. The highest BCUT2D eigenvalue weighted by Gasteiger charge is 2.47. The molecule has 2 aromatic rings. The lowest BCUT2D eigenvalue weighted by Crippen LogP contribution is -2.47. The maximum Gasteiger partial charge on any atom is 0.309 e. The molecule has 3 rings (SSSR count). The van der Waals surface area contributed by atoms with Crippen molar-refractivity contribution < 1.29 is 23.5 Å². The van der Waals surface area contributed by atoms with Gasteiger partial charge in [-0.25, -0.2) is 4.39 Å². The Kier molecular flexibility index (Phi) is 4.85. The normalized spacial score (nSPS) is 16.1. The fourth-order valence-corrected chi connectivity index (χ4v) is 2.68. The molecule has 1 heterocycles.